The van der Waals surface area contributed by atoms with Crippen LogP contribution >= 0.6 is 0 Å². The summed E-state index contributed by atoms with van der Waals surface area (Å²) in [7, 11) is 0. The molecule has 1 rings (SSSR count). The monoisotopic (exact) mass is 146 g/mol. The van der Waals surface area contributed by atoms with Crippen LogP contribution in [0.15, 0.2) is 12.7 Å². The number of rotatable bonds is 1. The van der Waals surface area contributed by atoms with Crippen LogP contribution in [0.1, 0.15) is 0 Å². The van der Waals surface area contributed by atoms with E-state index in [0.717, 1.165) is 19.3 Å². The number of carboxylic acid groups (broad SMARTS) is 1. The highest BCUT2D eigenvalue weighted by Crippen LogP contribution is 1.85. The van der Waals surface area contributed by atoms with Crippen molar-refractivity contribution in [1.82, 2.24) is 0 Å². The van der Waals surface area contributed by atoms with Gasteiger partial charge in [0.15, 0.2) is 0 Å². The summed E-state index contributed by atoms with van der Waals surface area (Å²) in [6.45, 7) is 5.02. The number of carbonyl (C=O) groups is 1. The standard InChI is InChI=1S/C3H6O2.C3H4O2/c1-2-5-3-4-1;1-2-3(4)5/h1-3H2;2H,1H2,(H,4,5). The molecule has 0 bridgehead atoms. The van der Waals surface area contributed by atoms with E-state index in [9.17, 15) is 4.79 Å². The first-order valence-corrected chi connectivity index (χ1v) is 2.78. The Morgan fingerprint density at radius 3 is 2.00 bits per heavy atom. The smallest absolute Gasteiger partial charge is 0.327 e. The van der Waals surface area contributed by atoms with Crippen molar-refractivity contribution in [2.45, 2.75) is 0 Å². The van der Waals surface area contributed by atoms with Crippen molar-refractivity contribution in [1.29, 1.82) is 0 Å². The highest BCUT2D eigenvalue weighted by atomic mass is 16.7. The first-order chi connectivity index (χ1) is 4.77. The van der Waals surface area contributed by atoms with Gasteiger partial charge in [-0.25, -0.2) is 4.79 Å². The maximum Gasteiger partial charge on any atom is 0.327 e. The molecule has 0 aromatic rings. The highest BCUT2D eigenvalue weighted by molar-refractivity contribution is 5.78. The molecule has 0 atom stereocenters. The lowest BCUT2D eigenvalue weighted by Gasteiger charge is -1.76. The Balaban J connectivity index is 0.000000162. The summed E-state index contributed by atoms with van der Waals surface area (Å²) in [5.74, 6) is -0.981. The van der Waals surface area contributed by atoms with Crippen LogP contribution in [-0.2, 0) is 14.3 Å². The Morgan fingerprint density at radius 1 is 1.50 bits per heavy atom. The third kappa shape index (κ3) is 7.13. The van der Waals surface area contributed by atoms with E-state index in [-0.39, 0.29) is 0 Å². The third-order valence-electron chi connectivity index (χ3n) is 0.713. The lowest BCUT2D eigenvalue weighted by atomic mass is 10.7. The van der Waals surface area contributed by atoms with Crippen LogP contribution in [0.3, 0.4) is 0 Å². The Morgan fingerprint density at radius 2 is 1.90 bits per heavy atom. The molecule has 0 aromatic heterocycles. The zero-order valence-corrected chi connectivity index (χ0v) is 5.58. The van der Waals surface area contributed by atoms with E-state index in [2.05, 4.69) is 6.58 Å². The fourth-order valence-corrected chi connectivity index (χ4v) is 0.295. The first kappa shape index (κ1) is 9.13. The van der Waals surface area contributed by atoms with E-state index in [1.54, 1.807) is 0 Å². The van der Waals surface area contributed by atoms with E-state index >= 15 is 0 Å². The maximum absolute atomic E-state index is 9.25. The zero-order chi connectivity index (χ0) is 7.82. The fraction of sp³-hybridized carbons (Fsp3) is 0.500. The molecule has 0 spiro atoms. The van der Waals surface area contributed by atoms with Gasteiger partial charge < -0.3 is 14.6 Å². The summed E-state index contributed by atoms with van der Waals surface area (Å²) in [5.41, 5.74) is 0. The summed E-state index contributed by atoms with van der Waals surface area (Å²) in [4.78, 5) is 9.25. The van der Waals surface area contributed by atoms with Crippen molar-refractivity contribution in [3.8, 4) is 0 Å². The number of hydrogen-bond donors (Lipinski definition) is 1. The van der Waals surface area contributed by atoms with Gasteiger partial charge >= 0.3 is 5.97 Å². The summed E-state index contributed by atoms with van der Waals surface area (Å²) < 4.78 is 9.44. The summed E-state index contributed by atoms with van der Waals surface area (Å²) in [6, 6.07) is 0. The normalized spacial score (nSPS) is 15.2. The average Bonchev–Trinajstić information content (AvgIpc) is 2.43. The van der Waals surface area contributed by atoms with Gasteiger partial charge in [0, 0.05) is 6.08 Å². The minimum Gasteiger partial charge on any atom is -0.478 e. The van der Waals surface area contributed by atoms with Crippen LogP contribution in [0, 0.1) is 0 Å². The van der Waals surface area contributed by atoms with E-state index in [1.165, 1.54) is 0 Å². The highest BCUT2D eigenvalue weighted by Gasteiger charge is 1.93. The lowest BCUT2D eigenvalue weighted by molar-refractivity contribution is -0.131. The van der Waals surface area contributed by atoms with Gasteiger partial charge in [0.05, 0.1) is 13.2 Å². The molecule has 4 nitrogen and oxygen atoms in total. The molecule has 1 fully saturated rings. The molecular formula is C6H10O4. The summed E-state index contributed by atoms with van der Waals surface area (Å²) >= 11 is 0. The molecule has 0 saturated carbocycles. The number of carboxylic acids is 1. The fourth-order valence-electron chi connectivity index (χ4n) is 0.295. The Hall–Kier alpha value is -0.870. The number of hydrogen-bond acceptors (Lipinski definition) is 3. The van der Waals surface area contributed by atoms with Gasteiger partial charge in [-0.3, -0.25) is 0 Å². The van der Waals surface area contributed by atoms with Gasteiger partial charge in [0.25, 0.3) is 0 Å². The van der Waals surface area contributed by atoms with Crippen molar-refractivity contribution < 1.29 is 19.4 Å². The lowest BCUT2D eigenvalue weighted by Crippen LogP contribution is -1.82. The first-order valence-electron chi connectivity index (χ1n) is 2.78. The molecule has 0 unspecified atom stereocenters. The van der Waals surface area contributed by atoms with E-state index < -0.39 is 5.97 Å². The zero-order valence-electron chi connectivity index (χ0n) is 5.58. The average molecular weight is 146 g/mol. The second-order valence-corrected chi connectivity index (χ2v) is 1.48. The van der Waals surface area contributed by atoms with Crippen LogP contribution in [-0.4, -0.2) is 31.1 Å². The molecule has 0 radical (unpaired) electrons. The van der Waals surface area contributed by atoms with Crippen LogP contribution < -0.4 is 0 Å². The van der Waals surface area contributed by atoms with Crippen molar-refractivity contribution >= 4 is 5.97 Å². The minimum atomic E-state index is -0.981. The van der Waals surface area contributed by atoms with Gasteiger partial charge in [-0.05, 0) is 0 Å². The van der Waals surface area contributed by atoms with E-state index in [4.69, 9.17) is 14.6 Å². The second kappa shape index (κ2) is 6.25. The van der Waals surface area contributed by atoms with Gasteiger partial charge in [0.1, 0.15) is 6.79 Å². The van der Waals surface area contributed by atoms with Crippen LogP contribution in [0.4, 0.5) is 0 Å². The molecule has 0 amide bonds. The minimum absolute atomic E-state index is 0.500. The van der Waals surface area contributed by atoms with E-state index in [0.29, 0.717) is 6.79 Å². The van der Waals surface area contributed by atoms with Gasteiger partial charge in [-0.2, -0.15) is 0 Å². The van der Waals surface area contributed by atoms with Gasteiger partial charge in [0.2, 0.25) is 0 Å². The Kier molecular flexibility index (Phi) is 5.71. The van der Waals surface area contributed by atoms with Crippen molar-refractivity contribution in [2.24, 2.45) is 0 Å². The van der Waals surface area contributed by atoms with Crippen molar-refractivity contribution in [2.75, 3.05) is 20.0 Å². The van der Waals surface area contributed by atoms with Crippen LogP contribution in [0.25, 0.3) is 0 Å². The molecule has 1 aliphatic rings. The molecule has 1 heterocycles. The largest absolute Gasteiger partial charge is 0.478 e. The molecule has 0 aromatic carbocycles. The predicted octanol–water partition coefficient (Wildman–Crippen LogP) is 0.248. The summed E-state index contributed by atoms with van der Waals surface area (Å²) in [5, 5.41) is 7.60. The van der Waals surface area contributed by atoms with Gasteiger partial charge in [-0.15, -0.1) is 0 Å². The van der Waals surface area contributed by atoms with Crippen LogP contribution in [0.5, 0.6) is 0 Å². The number of ether oxygens (including phenoxy) is 2. The van der Waals surface area contributed by atoms with Crippen molar-refractivity contribution in [3.05, 3.63) is 12.7 Å². The third-order valence-corrected chi connectivity index (χ3v) is 0.713. The molecule has 0 aliphatic carbocycles. The second-order valence-electron chi connectivity index (χ2n) is 1.48. The Labute approximate surface area is 59.1 Å². The SMILES string of the molecule is C1COCO1.C=CC(=O)O. The van der Waals surface area contributed by atoms with Gasteiger partial charge in [-0.1, -0.05) is 6.58 Å². The molecular weight excluding hydrogens is 136 g/mol. The van der Waals surface area contributed by atoms with E-state index in [1.807, 2.05) is 0 Å². The Bertz CT molecular complexity index is 98.7. The van der Waals surface area contributed by atoms with Crippen LogP contribution in [0.2, 0.25) is 0 Å². The molecule has 4 heteroatoms. The number of aliphatic carboxylic acids is 1. The topological polar surface area (TPSA) is 55.8 Å². The molecule has 10 heavy (non-hydrogen) atoms. The summed E-state index contributed by atoms with van der Waals surface area (Å²) in [6.07, 6.45) is 0.833. The molecule has 58 valence electrons. The maximum atomic E-state index is 9.25. The molecule has 1 saturated heterocycles. The quantitative estimate of drug-likeness (QED) is 0.538. The molecule has 1 N–H and O–H groups in total. The molecule has 1 aliphatic heterocycles. The predicted molar refractivity (Wildman–Crippen MR) is 34.6 cm³/mol. The van der Waals surface area contributed by atoms with Crippen molar-refractivity contribution in [3.63, 3.8) is 0 Å².